The third kappa shape index (κ3) is 3.50. The molecular formula is C19H20N2O3S. The van der Waals surface area contributed by atoms with E-state index in [9.17, 15) is 9.90 Å². The first-order valence-corrected chi connectivity index (χ1v) is 9.36. The van der Waals surface area contributed by atoms with Gasteiger partial charge in [0.25, 0.3) is 5.91 Å². The maximum atomic E-state index is 12.5. The number of pyridine rings is 1. The van der Waals surface area contributed by atoms with E-state index in [-0.39, 0.29) is 22.5 Å². The first-order valence-electron chi connectivity index (χ1n) is 8.37. The van der Waals surface area contributed by atoms with E-state index in [1.807, 2.05) is 34.9 Å². The molecule has 1 atom stereocenters. The minimum absolute atomic E-state index is 0.0139. The minimum Gasteiger partial charge on any atom is -0.508 e. The lowest BCUT2D eigenvalue weighted by molar-refractivity contribution is 0.0245. The number of thioether (sulfide) groups is 1. The number of hydrogen-bond acceptors (Lipinski definition) is 5. The van der Waals surface area contributed by atoms with Gasteiger partial charge in [0.15, 0.2) is 0 Å². The summed E-state index contributed by atoms with van der Waals surface area (Å²) < 4.78 is 6.12. The molecule has 2 aliphatic heterocycles. The monoisotopic (exact) mass is 356 g/mol. The van der Waals surface area contributed by atoms with Crippen LogP contribution < -0.4 is 0 Å². The molecule has 2 aromatic rings. The summed E-state index contributed by atoms with van der Waals surface area (Å²) in [6, 6.07) is 12.4. The SMILES string of the molecule is O=C(c1cccc(O)c1)N1CC2(C[C@H](OCc3ccccn3)CS2)C1. The highest BCUT2D eigenvalue weighted by atomic mass is 32.2. The van der Waals surface area contributed by atoms with E-state index < -0.39 is 0 Å². The molecule has 0 aliphatic carbocycles. The van der Waals surface area contributed by atoms with E-state index in [1.165, 1.54) is 6.07 Å². The molecule has 0 unspecified atom stereocenters. The largest absolute Gasteiger partial charge is 0.508 e. The van der Waals surface area contributed by atoms with Gasteiger partial charge in [-0.1, -0.05) is 12.1 Å². The van der Waals surface area contributed by atoms with Crippen molar-refractivity contribution in [1.29, 1.82) is 0 Å². The molecule has 6 heteroatoms. The Bertz CT molecular complexity index is 762. The van der Waals surface area contributed by atoms with Crippen LogP contribution in [0.5, 0.6) is 5.75 Å². The van der Waals surface area contributed by atoms with Crippen LogP contribution in [0.1, 0.15) is 22.5 Å². The number of carbonyl (C=O) groups excluding carboxylic acids is 1. The van der Waals surface area contributed by atoms with Gasteiger partial charge in [-0.05, 0) is 36.8 Å². The summed E-state index contributed by atoms with van der Waals surface area (Å²) in [5.41, 5.74) is 1.49. The molecule has 0 radical (unpaired) electrons. The molecule has 0 bridgehead atoms. The van der Waals surface area contributed by atoms with Crippen molar-refractivity contribution in [3.63, 3.8) is 0 Å². The normalized spacial score (nSPS) is 21.3. The van der Waals surface area contributed by atoms with Crippen LogP contribution in [-0.2, 0) is 11.3 Å². The molecule has 130 valence electrons. The fourth-order valence-electron chi connectivity index (χ4n) is 3.43. The van der Waals surface area contributed by atoms with E-state index in [1.54, 1.807) is 24.4 Å². The average Bonchev–Trinajstić information content (AvgIpc) is 3.04. The number of phenolic OH excluding ortho intramolecular Hbond substituents is 1. The van der Waals surface area contributed by atoms with Crippen molar-refractivity contribution >= 4 is 17.7 Å². The molecule has 2 saturated heterocycles. The van der Waals surface area contributed by atoms with Crippen molar-refractivity contribution in [2.24, 2.45) is 0 Å². The van der Waals surface area contributed by atoms with Gasteiger partial charge in [0.2, 0.25) is 0 Å². The van der Waals surface area contributed by atoms with Crippen molar-refractivity contribution in [3.05, 3.63) is 59.9 Å². The van der Waals surface area contributed by atoms with Gasteiger partial charge in [-0.3, -0.25) is 9.78 Å². The number of amides is 1. The van der Waals surface area contributed by atoms with Crippen LogP contribution in [0.15, 0.2) is 48.7 Å². The third-order valence-corrected chi connectivity index (χ3v) is 6.28. The van der Waals surface area contributed by atoms with Gasteiger partial charge in [-0.25, -0.2) is 0 Å². The first-order chi connectivity index (χ1) is 12.1. The van der Waals surface area contributed by atoms with Crippen LogP contribution >= 0.6 is 11.8 Å². The van der Waals surface area contributed by atoms with Crippen molar-refractivity contribution in [2.75, 3.05) is 18.8 Å². The van der Waals surface area contributed by atoms with Crippen LogP contribution in [0.2, 0.25) is 0 Å². The van der Waals surface area contributed by atoms with Crippen LogP contribution in [0, 0.1) is 0 Å². The second kappa shape index (κ2) is 6.69. The zero-order valence-corrected chi connectivity index (χ0v) is 14.6. The van der Waals surface area contributed by atoms with Gasteiger partial charge < -0.3 is 14.7 Å². The number of nitrogens with zero attached hydrogens (tertiary/aromatic N) is 2. The van der Waals surface area contributed by atoms with Gasteiger partial charge in [0.1, 0.15) is 5.75 Å². The zero-order valence-electron chi connectivity index (χ0n) is 13.8. The predicted molar refractivity (Wildman–Crippen MR) is 96.6 cm³/mol. The molecule has 1 spiro atoms. The van der Waals surface area contributed by atoms with Gasteiger partial charge in [0.05, 0.1) is 23.2 Å². The van der Waals surface area contributed by atoms with E-state index >= 15 is 0 Å². The molecule has 2 fully saturated rings. The quantitative estimate of drug-likeness (QED) is 0.913. The molecule has 4 rings (SSSR count). The van der Waals surface area contributed by atoms with Crippen LogP contribution in [0.4, 0.5) is 0 Å². The number of benzene rings is 1. The minimum atomic E-state index is -0.0139. The van der Waals surface area contributed by atoms with Gasteiger partial charge in [0, 0.05) is 30.6 Å². The predicted octanol–water partition coefficient (Wildman–Crippen LogP) is 2.70. The summed E-state index contributed by atoms with van der Waals surface area (Å²) in [5.74, 6) is 1.07. The number of likely N-dealkylation sites (tertiary alicyclic amines) is 1. The molecule has 1 aromatic heterocycles. The van der Waals surface area contributed by atoms with E-state index in [4.69, 9.17) is 4.74 Å². The molecular weight excluding hydrogens is 336 g/mol. The number of ether oxygens (including phenoxy) is 1. The number of aromatic nitrogens is 1. The first kappa shape index (κ1) is 16.4. The second-order valence-electron chi connectivity index (χ2n) is 6.66. The van der Waals surface area contributed by atoms with Crippen molar-refractivity contribution in [3.8, 4) is 5.75 Å². The molecule has 0 saturated carbocycles. The molecule has 1 aromatic carbocycles. The topological polar surface area (TPSA) is 62.7 Å². The smallest absolute Gasteiger partial charge is 0.254 e. The van der Waals surface area contributed by atoms with Gasteiger partial charge in [-0.15, -0.1) is 11.8 Å². The molecule has 1 amide bonds. The highest BCUT2D eigenvalue weighted by Gasteiger charge is 2.51. The number of phenols is 1. The Labute approximate surface area is 151 Å². The van der Waals surface area contributed by atoms with Crippen LogP contribution in [-0.4, -0.2) is 50.6 Å². The number of carbonyl (C=O) groups is 1. The maximum absolute atomic E-state index is 12.5. The average molecular weight is 356 g/mol. The molecule has 1 N–H and O–H groups in total. The summed E-state index contributed by atoms with van der Waals surface area (Å²) >= 11 is 1.91. The number of rotatable bonds is 4. The third-order valence-electron chi connectivity index (χ3n) is 4.71. The lowest BCUT2D eigenvalue weighted by Gasteiger charge is -2.47. The van der Waals surface area contributed by atoms with Gasteiger partial charge >= 0.3 is 0 Å². The zero-order chi connectivity index (χ0) is 17.3. The highest BCUT2D eigenvalue weighted by Crippen LogP contribution is 2.46. The summed E-state index contributed by atoms with van der Waals surface area (Å²) in [7, 11) is 0. The summed E-state index contributed by atoms with van der Waals surface area (Å²) in [6.45, 7) is 2.03. The lowest BCUT2D eigenvalue weighted by atomic mass is 9.92. The Kier molecular flexibility index (Phi) is 4.39. The molecule has 25 heavy (non-hydrogen) atoms. The number of hydrogen-bond donors (Lipinski definition) is 1. The Morgan fingerprint density at radius 1 is 1.32 bits per heavy atom. The van der Waals surface area contributed by atoms with E-state index in [2.05, 4.69) is 4.98 Å². The van der Waals surface area contributed by atoms with Crippen molar-refractivity contribution < 1.29 is 14.6 Å². The molecule has 3 heterocycles. The van der Waals surface area contributed by atoms with E-state index in [0.29, 0.717) is 12.2 Å². The van der Waals surface area contributed by atoms with E-state index in [0.717, 1.165) is 31.0 Å². The summed E-state index contributed by atoms with van der Waals surface area (Å²) in [4.78, 5) is 18.6. The Morgan fingerprint density at radius 2 is 2.20 bits per heavy atom. The summed E-state index contributed by atoms with van der Waals surface area (Å²) in [6.07, 6.45) is 2.96. The fraction of sp³-hybridized carbons (Fsp3) is 0.368. The Morgan fingerprint density at radius 3 is 2.96 bits per heavy atom. The summed E-state index contributed by atoms with van der Waals surface area (Å²) in [5, 5.41) is 9.53. The van der Waals surface area contributed by atoms with Crippen molar-refractivity contribution in [2.45, 2.75) is 23.9 Å². The number of aromatic hydroxyl groups is 1. The van der Waals surface area contributed by atoms with Crippen LogP contribution in [0.3, 0.4) is 0 Å². The molecule has 5 nitrogen and oxygen atoms in total. The lowest BCUT2D eigenvalue weighted by Crippen LogP contribution is -2.60. The standard InChI is InChI=1S/C19H20N2O3S/c22-16-6-3-4-14(8-16)18(23)21-12-19(13-21)9-17(11-25-19)24-10-15-5-1-2-7-20-15/h1-8,17,22H,9-13H2/t17-/m0/s1. The fourth-order valence-corrected chi connectivity index (χ4v) is 4.98. The van der Waals surface area contributed by atoms with Crippen molar-refractivity contribution in [1.82, 2.24) is 9.88 Å². The van der Waals surface area contributed by atoms with Crippen LogP contribution in [0.25, 0.3) is 0 Å². The molecule has 2 aliphatic rings. The second-order valence-corrected chi connectivity index (χ2v) is 8.15. The maximum Gasteiger partial charge on any atom is 0.254 e. The highest BCUT2D eigenvalue weighted by molar-refractivity contribution is 8.01. The van der Waals surface area contributed by atoms with Gasteiger partial charge in [-0.2, -0.15) is 0 Å². The Balaban J connectivity index is 1.29. The Hall–Kier alpha value is -2.05.